The zero-order valence-electron chi connectivity index (χ0n) is 12.0. The lowest BCUT2D eigenvalue weighted by Gasteiger charge is -2.36. The molecule has 0 amide bonds. The third kappa shape index (κ3) is 2.32. The first kappa shape index (κ1) is 13.9. The fourth-order valence-corrected chi connectivity index (χ4v) is 4.35. The number of sulfonamides is 1. The molecular formula is C14H21N3O2S. The van der Waals surface area contributed by atoms with E-state index in [1.165, 1.54) is 5.56 Å². The molecule has 2 aliphatic rings. The molecule has 3 rings (SSSR count). The number of hydrogen-bond donors (Lipinski definition) is 1. The zero-order chi connectivity index (χ0) is 14.3. The molecule has 1 atom stereocenters. The van der Waals surface area contributed by atoms with Crippen molar-refractivity contribution in [2.75, 3.05) is 38.5 Å². The molecule has 0 radical (unpaired) electrons. The van der Waals surface area contributed by atoms with Crippen LogP contribution in [-0.2, 0) is 16.4 Å². The number of rotatable bonds is 2. The number of fused-ring (bicyclic) bond motifs is 1. The van der Waals surface area contributed by atoms with Crippen LogP contribution in [-0.4, -0.2) is 56.9 Å². The van der Waals surface area contributed by atoms with Gasteiger partial charge in [-0.3, -0.25) is 0 Å². The summed E-state index contributed by atoms with van der Waals surface area (Å²) in [7, 11) is -1.34. The molecule has 1 unspecified atom stereocenters. The van der Waals surface area contributed by atoms with Crippen LogP contribution in [0.3, 0.4) is 0 Å². The van der Waals surface area contributed by atoms with Gasteiger partial charge in [0.25, 0.3) is 0 Å². The Hall–Kier alpha value is -1.11. The summed E-state index contributed by atoms with van der Waals surface area (Å²) in [5.41, 5.74) is 2.17. The van der Waals surface area contributed by atoms with Gasteiger partial charge in [0.1, 0.15) is 0 Å². The SMILES string of the molecule is CC1CN(S(=O)(=O)c2ccc3c(c2)NCC3)CCN1C. The van der Waals surface area contributed by atoms with Crippen LogP contribution in [0, 0.1) is 0 Å². The van der Waals surface area contributed by atoms with E-state index in [0.29, 0.717) is 18.0 Å². The molecule has 1 aromatic carbocycles. The number of anilines is 1. The predicted octanol–water partition coefficient (Wildman–Crippen LogP) is 0.979. The van der Waals surface area contributed by atoms with E-state index in [9.17, 15) is 8.42 Å². The quantitative estimate of drug-likeness (QED) is 0.884. The Kier molecular flexibility index (Phi) is 3.48. The first-order valence-electron chi connectivity index (χ1n) is 7.05. The summed E-state index contributed by atoms with van der Waals surface area (Å²) in [5, 5.41) is 3.24. The van der Waals surface area contributed by atoms with Gasteiger partial charge in [-0.1, -0.05) is 6.07 Å². The lowest BCUT2D eigenvalue weighted by molar-refractivity contribution is 0.159. The number of piperazine rings is 1. The Bertz CT molecular complexity index is 615. The molecule has 1 aromatic rings. The van der Waals surface area contributed by atoms with Gasteiger partial charge in [-0.05, 0) is 38.1 Å². The average Bonchev–Trinajstić information content (AvgIpc) is 2.89. The first-order valence-corrected chi connectivity index (χ1v) is 8.49. The number of nitrogens with zero attached hydrogens (tertiary/aromatic N) is 2. The summed E-state index contributed by atoms with van der Waals surface area (Å²) >= 11 is 0. The van der Waals surface area contributed by atoms with E-state index in [-0.39, 0.29) is 6.04 Å². The second-order valence-corrected chi connectivity index (χ2v) is 7.63. The van der Waals surface area contributed by atoms with Gasteiger partial charge in [-0.2, -0.15) is 4.31 Å². The second kappa shape index (κ2) is 5.02. The van der Waals surface area contributed by atoms with Crippen LogP contribution in [0.15, 0.2) is 23.1 Å². The van der Waals surface area contributed by atoms with Crippen molar-refractivity contribution in [3.05, 3.63) is 23.8 Å². The Labute approximate surface area is 120 Å². The van der Waals surface area contributed by atoms with Crippen LogP contribution >= 0.6 is 0 Å². The lowest BCUT2D eigenvalue weighted by Crippen LogP contribution is -2.51. The Morgan fingerprint density at radius 2 is 2.10 bits per heavy atom. The van der Waals surface area contributed by atoms with Crippen LogP contribution < -0.4 is 5.32 Å². The van der Waals surface area contributed by atoms with Crippen LogP contribution in [0.5, 0.6) is 0 Å². The monoisotopic (exact) mass is 295 g/mol. The fraction of sp³-hybridized carbons (Fsp3) is 0.571. The van der Waals surface area contributed by atoms with E-state index in [2.05, 4.69) is 17.1 Å². The van der Waals surface area contributed by atoms with Gasteiger partial charge >= 0.3 is 0 Å². The topological polar surface area (TPSA) is 52.7 Å². The van der Waals surface area contributed by atoms with Gasteiger partial charge in [-0.25, -0.2) is 8.42 Å². The van der Waals surface area contributed by atoms with Crippen molar-refractivity contribution in [3.8, 4) is 0 Å². The summed E-state index contributed by atoms with van der Waals surface area (Å²) in [6, 6.07) is 5.71. The third-order valence-electron chi connectivity index (χ3n) is 4.35. The molecule has 0 spiro atoms. The minimum absolute atomic E-state index is 0.256. The molecule has 1 fully saturated rings. The molecule has 2 aliphatic heterocycles. The van der Waals surface area contributed by atoms with Crippen molar-refractivity contribution in [1.29, 1.82) is 0 Å². The molecule has 0 bridgehead atoms. The molecule has 0 saturated carbocycles. The van der Waals surface area contributed by atoms with Gasteiger partial charge in [0.15, 0.2) is 0 Å². The van der Waals surface area contributed by atoms with E-state index < -0.39 is 10.0 Å². The molecule has 20 heavy (non-hydrogen) atoms. The molecule has 1 N–H and O–H groups in total. The molecule has 1 saturated heterocycles. The smallest absolute Gasteiger partial charge is 0.243 e. The Morgan fingerprint density at radius 3 is 2.85 bits per heavy atom. The van der Waals surface area contributed by atoms with Gasteiger partial charge in [-0.15, -0.1) is 0 Å². The van der Waals surface area contributed by atoms with Crippen molar-refractivity contribution >= 4 is 15.7 Å². The Morgan fingerprint density at radius 1 is 1.30 bits per heavy atom. The summed E-state index contributed by atoms with van der Waals surface area (Å²) in [5.74, 6) is 0. The number of nitrogens with one attached hydrogen (secondary N) is 1. The van der Waals surface area contributed by atoms with Crippen molar-refractivity contribution in [3.63, 3.8) is 0 Å². The van der Waals surface area contributed by atoms with Crippen molar-refractivity contribution < 1.29 is 8.42 Å². The zero-order valence-corrected chi connectivity index (χ0v) is 12.8. The summed E-state index contributed by atoms with van der Waals surface area (Å²) in [6.45, 7) is 4.86. The first-order chi connectivity index (χ1) is 9.48. The number of hydrogen-bond acceptors (Lipinski definition) is 4. The van der Waals surface area contributed by atoms with E-state index >= 15 is 0 Å². The van der Waals surface area contributed by atoms with Crippen LogP contribution in [0.2, 0.25) is 0 Å². The standard InChI is InChI=1S/C14H21N3O2S/c1-11-10-17(8-7-16(11)2)20(18,19)13-4-3-12-5-6-15-14(12)9-13/h3-4,9,11,15H,5-8,10H2,1-2H3. The second-order valence-electron chi connectivity index (χ2n) is 5.69. The minimum atomic E-state index is -3.37. The highest BCUT2D eigenvalue weighted by molar-refractivity contribution is 7.89. The van der Waals surface area contributed by atoms with E-state index in [1.807, 2.05) is 13.1 Å². The highest BCUT2D eigenvalue weighted by Crippen LogP contribution is 2.27. The maximum absolute atomic E-state index is 12.7. The van der Waals surface area contributed by atoms with Crippen LogP contribution in [0.25, 0.3) is 0 Å². The van der Waals surface area contributed by atoms with Crippen LogP contribution in [0.1, 0.15) is 12.5 Å². The molecule has 2 heterocycles. The van der Waals surface area contributed by atoms with Gasteiger partial charge in [0.05, 0.1) is 4.90 Å². The highest BCUT2D eigenvalue weighted by atomic mass is 32.2. The Balaban J connectivity index is 1.88. The van der Waals surface area contributed by atoms with Gasteiger partial charge < -0.3 is 10.2 Å². The molecular weight excluding hydrogens is 274 g/mol. The molecule has 0 aromatic heterocycles. The molecule has 0 aliphatic carbocycles. The predicted molar refractivity (Wildman–Crippen MR) is 79.5 cm³/mol. The summed E-state index contributed by atoms with van der Waals surface area (Å²) in [4.78, 5) is 2.60. The van der Waals surface area contributed by atoms with Crippen molar-refractivity contribution in [1.82, 2.24) is 9.21 Å². The lowest BCUT2D eigenvalue weighted by atomic mass is 10.2. The molecule has 110 valence electrons. The fourth-order valence-electron chi connectivity index (χ4n) is 2.81. The molecule has 5 nitrogen and oxygen atoms in total. The maximum atomic E-state index is 12.7. The normalized spacial score (nSPS) is 24.4. The van der Waals surface area contributed by atoms with E-state index in [0.717, 1.165) is 25.2 Å². The van der Waals surface area contributed by atoms with Gasteiger partial charge in [0.2, 0.25) is 10.0 Å². The van der Waals surface area contributed by atoms with E-state index in [1.54, 1.807) is 16.4 Å². The average molecular weight is 295 g/mol. The van der Waals surface area contributed by atoms with Crippen molar-refractivity contribution in [2.45, 2.75) is 24.3 Å². The third-order valence-corrected chi connectivity index (χ3v) is 6.21. The maximum Gasteiger partial charge on any atom is 0.243 e. The number of benzene rings is 1. The summed E-state index contributed by atoms with van der Waals surface area (Å²) in [6.07, 6.45) is 0.973. The number of likely N-dealkylation sites (N-methyl/N-ethyl adjacent to an activating group) is 1. The molecule has 6 heteroatoms. The van der Waals surface area contributed by atoms with Crippen molar-refractivity contribution in [2.24, 2.45) is 0 Å². The van der Waals surface area contributed by atoms with Crippen LogP contribution in [0.4, 0.5) is 5.69 Å². The summed E-state index contributed by atoms with van der Waals surface area (Å²) < 4.78 is 27.0. The van der Waals surface area contributed by atoms with Gasteiger partial charge in [0, 0.05) is 37.9 Å². The minimum Gasteiger partial charge on any atom is -0.384 e. The largest absolute Gasteiger partial charge is 0.384 e. The van der Waals surface area contributed by atoms with E-state index in [4.69, 9.17) is 0 Å². The highest BCUT2D eigenvalue weighted by Gasteiger charge is 2.31.